The zero-order valence-electron chi connectivity index (χ0n) is 9.69. The highest BCUT2D eigenvalue weighted by atomic mass is 16.5. The third-order valence-electron chi connectivity index (χ3n) is 3.18. The van der Waals surface area contributed by atoms with Gasteiger partial charge in [0.05, 0.1) is 12.7 Å². The molecule has 1 aromatic rings. The van der Waals surface area contributed by atoms with Crippen molar-refractivity contribution in [1.82, 2.24) is 0 Å². The molecule has 0 saturated heterocycles. The number of hydrogen-bond acceptors (Lipinski definition) is 2. The number of benzene rings is 1. The fourth-order valence-corrected chi connectivity index (χ4v) is 2.27. The van der Waals surface area contributed by atoms with Gasteiger partial charge in [-0.05, 0) is 30.4 Å². The van der Waals surface area contributed by atoms with Gasteiger partial charge in [0.2, 0.25) is 0 Å². The minimum Gasteiger partial charge on any atom is -0.396 e. The molecule has 0 aliphatic heterocycles. The summed E-state index contributed by atoms with van der Waals surface area (Å²) >= 11 is 0. The average Bonchev–Trinajstić information content (AvgIpc) is 2.80. The Bertz CT molecular complexity index is 316. The van der Waals surface area contributed by atoms with Gasteiger partial charge in [0.15, 0.2) is 0 Å². The van der Waals surface area contributed by atoms with Gasteiger partial charge in [-0.3, -0.25) is 0 Å². The topological polar surface area (TPSA) is 29.5 Å². The van der Waals surface area contributed by atoms with E-state index in [9.17, 15) is 0 Å². The molecule has 1 aromatic carbocycles. The van der Waals surface area contributed by atoms with Crippen LogP contribution in [0.1, 0.15) is 36.8 Å². The van der Waals surface area contributed by atoms with Crippen LogP contribution in [0.5, 0.6) is 0 Å². The van der Waals surface area contributed by atoms with E-state index in [0.29, 0.717) is 12.7 Å². The van der Waals surface area contributed by atoms with Crippen LogP contribution < -0.4 is 0 Å². The first-order valence-electron chi connectivity index (χ1n) is 6.19. The van der Waals surface area contributed by atoms with Crippen molar-refractivity contribution in [2.45, 2.75) is 44.8 Å². The van der Waals surface area contributed by atoms with Crippen LogP contribution in [0, 0.1) is 0 Å². The highest BCUT2D eigenvalue weighted by molar-refractivity contribution is 5.23. The summed E-state index contributed by atoms with van der Waals surface area (Å²) in [6.45, 7) is 0.927. The molecule has 1 saturated carbocycles. The van der Waals surface area contributed by atoms with Crippen molar-refractivity contribution >= 4 is 0 Å². The second-order valence-corrected chi connectivity index (χ2v) is 4.51. The van der Waals surface area contributed by atoms with Gasteiger partial charge in [-0.1, -0.05) is 37.1 Å². The van der Waals surface area contributed by atoms with E-state index in [1.54, 1.807) is 0 Å². The Kier molecular flexibility index (Phi) is 4.37. The van der Waals surface area contributed by atoms with Crippen LogP contribution in [0.2, 0.25) is 0 Å². The molecular weight excluding hydrogens is 200 g/mol. The van der Waals surface area contributed by atoms with Gasteiger partial charge in [0, 0.05) is 6.61 Å². The maximum atomic E-state index is 8.88. The van der Waals surface area contributed by atoms with Gasteiger partial charge in [0.1, 0.15) is 0 Å². The van der Waals surface area contributed by atoms with Crippen LogP contribution in [0.3, 0.4) is 0 Å². The van der Waals surface area contributed by atoms with Crippen molar-refractivity contribution in [3.63, 3.8) is 0 Å². The van der Waals surface area contributed by atoms with Crippen LogP contribution in [0.25, 0.3) is 0 Å². The Morgan fingerprint density at radius 2 is 1.94 bits per heavy atom. The van der Waals surface area contributed by atoms with Gasteiger partial charge < -0.3 is 9.84 Å². The summed E-state index contributed by atoms with van der Waals surface area (Å²) in [4.78, 5) is 0. The number of rotatable bonds is 5. The minimum atomic E-state index is 0.215. The van der Waals surface area contributed by atoms with Crippen molar-refractivity contribution in [2.24, 2.45) is 0 Å². The minimum absolute atomic E-state index is 0.215. The molecule has 0 unspecified atom stereocenters. The summed E-state index contributed by atoms with van der Waals surface area (Å²) in [5, 5.41) is 8.88. The van der Waals surface area contributed by atoms with E-state index in [0.717, 1.165) is 6.42 Å². The molecule has 16 heavy (non-hydrogen) atoms. The third kappa shape index (κ3) is 3.32. The van der Waals surface area contributed by atoms with Crippen molar-refractivity contribution in [2.75, 3.05) is 6.61 Å². The molecule has 0 spiro atoms. The smallest absolute Gasteiger partial charge is 0.0720 e. The predicted molar refractivity (Wildman–Crippen MR) is 64.3 cm³/mol. The van der Waals surface area contributed by atoms with Crippen LogP contribution in [0.4, 0.5) is 0 Å². The zero-order valence-corrected chi connectivity index (χ0v) is 9.69. The maximum Gasteiger partial charge on any atom is 0.0720 e. The summed E-state index contributed by atoms with van der Waals surface area (Å²) in [5.41, 5.74) is 2.41. The lowest BCUT2D eigenvalue weighted by Crippen LogP contribution is -2.07. The van der Waals surface area contributed by atoms with E-state index in [4.69, 9.17) is 9.84 Å². The summed E-state index contributed by atoms with van der Waals surface area (Å²) in [5.74, 6) is 0. The first-order valence-corrected chi connectivity index (χ1v) is 6.19. The SMILES string of the molecule is OCCc1cccc(COC2CCCC2)c1. The van der Waals surface area contributed by atoms with Crippen molar-refractivity contribution in [3.05, 3.63) is 35.4 Å². The van der Waals surface area contributed by atoms with E-state index in [1.807, 2.05) is 6.07 Å². The van der Waals surface area contributed by atoms with Crippen LogP contribution in [-0.2, 0) is 17.8 Å². The highest BCUT2D eigenvalue weighted by Crippen LogP contribution is 2.22. The molecule has 1 aliphatic rings. The summed E-state index contributed by atoms with van der Waals surface area (Å²) in [6, 6.07) is 8.31. The molecule has 0 bridgehead atoms. The lowest BCUT2D eigenvalue weighted by atomic mass is 10.1. The molecule has 2 rings (SSSR count). The van der Waals surface area contributed by atoms with E-state index >= 15 is 0 Å². The third-order valence-corrected chi connectivity index (χ3v) is 3.18. The van der Waals surface area contributed by atoms with Gasteiger partial charge >= 0.3 is 0 Å². The summed E-state index contributed by atoms with van der Waals surface area (Å²) < 4.78 is 5.86. The predicted octanol–water partition coefficient (Wildman–Crippen LogP) is 2.68. The Labute approximate surface area is 97.3 Å². The zero-order chi connectivity index (χ0) is 11.2. The first kappa shape index (κ1) is 11.6. The number of ether oxygens (including phenoxy) is 1. The molecule has 2 heteroatoms. The monoisotopic (exact) mass is 220 g/mol. The summed E-state index contributed by atoms with van der Waals surface area (Å²) in [6.07, 6.45) is 6.27. The van der Waals surface area contributed by atoms with Crippen LogP contribution in [-0.4, -0.2) is 17.8 Å². The fraction of sp³-hybridized carbons (Fsp3) is 0.571. The molecule has 0 radical (unpaired) electrons. The lowest BCUT2D eigenvalue weighted by Gasteiger charge is -2.11. The molecule has 1 aliphatic carbocycles. The van der Waals surface area contributed by atoms with Gasteiger partial charge in [0.25, 0.3) is 0 Å². The number of hydrogen-bond donors (Lipinski definition) is 1. The van der Waals surface area contributed by atoms with Crippen molar-refractivity contribution in [3.8, 4) is 0 Å². The molecule has 88 valence electrons. The molecule has 1 fully saturated rings. The Balaban J connectivity index is 1.85. The molecule has 0 amide bonds. The fourth-order valence-electron chi connectivity index (χ4n) is 2.27. The molecular formula is C14H20O2. The van der Waals surface area contributed by atoms with E-state index in [1.165, 1.54) is 36.8 Å². The molecule has 0 heterocycles. The normalized spacial score (nSPS) is 16.8. The largest absolute Gasteiger partial charge is 0.396 e. The van der Waals surface area contributed by atoms with Crippen LogP contribution in [0.15, 0.2) is 24.3 Å². The second kappa shape index (κ2) is 6.02. The van der Waals surface area contributed by atoms with E-state index in [2.05, 4.69) is 18.2 Å². The Hall–Kier alpha value is -0.860. The summed E-state index contributed by atoms with van der Waals surface area (Å²) in [7, 11) is 0. The van der Waals surface area contributed by atoms with E-state index in [-0.39, 0.29) is 6.61 Å². The number of aliphatic hydroxyl groups excluding tert-OH is 1. The quantitative estimate of drug-likeness (QED) is 0.826. The van der Waals surface area contributed by atoms with Crippen molar-refractivity contribution in [1.29, 1.82) is 0 Å². The number of aliphatic hydroxyl groups is 1. The maximum absolute atomic E-state index is 8.88. The lowest BCUT2D eigenvalue weighted by molar-refractivity contribution is 0.0456. The average molecular weight is 220 g/mol. The Morgan fingerprint density at radius 3 is 2.69 bits per heavy atom. The van der Waals surface area contributed by atoms with Crippen LogP contribution >= 0.6 is 0 Å². The second-order valence-electron chi connectivity index (χ2n) is 4.51. The van der Waals surface area contributed by atoms with E-state index < -0.39 is 0 Å². The standard InChI is InChI=1S/C14H20O2/c15-9-8-12-4-3-5-13(10-12)11-16-14-6-1-2-7-14/h3-5,10,14-15H,1-2,6-9,11H2. The molecule has 0 aromatic heterocycles. The Morgan fingerprint density at radius 1 is 1.19 bits per heavy atom. The van der Waals surface area contributed by atoms with Gasteiger partial charge in [-0.2, -0.15) is 0 Å². The molecule has 1 N–H and O–H groups in total. The molecule has 0 atom stereocenters. The van der Waals surface area contributed by atoms with Gasteiger partial charge in [-0.15, -0.1) is 0 Å². The van der Waals surface area contributed by atoms with Gasteiger partial charge in [-0.25, -0.2) is 0 Å². The first-order chi connectivity index (χ1) is 7.88. The highest BCUT2D eigenvalue weighted by Gasteiger charge is 2.14. The molecule has 2 nitrogen and oxygen atoms in total. The van der Waals surface area contributed by atoms with Crippen molar-refractivity contribution < 1.29 is 9.84 Å².